The number of methoxy groups -OCH3 is 1. The Morgan fingerprint density at radius 3 is 2.38 bits per heavy atom. The lowest BCUT2D eigenvalue weighted by molar-refractivity contribution is -0.305. The first kappa shape index (κ1) is 26.0. The Kier molecular flexibility index (Phi) is 8.54. The second kappa shape index (κ2) is 11.2. The Bertz CT molecular complexity index is 960. The fourth-order valence-corrected chi connectivity index (χ4v) is 4.22. The van der Waals surface area contributed by atoms with Crippen LogP contribution in [0.3, 0.4) is 0 Å². The van der Waals surface area contributed by atoms with E-state index in [1.54, 1.807) is 19.9 Å². The first-order valence-corrected chi connectivity index (χ1v) is 11.5. The van der Waals surface area contributed by atoms with Crippen molar-refractivity contribution in [3.05, 3.63) is 48.0 Å². The summed E-state index contributed by atoms with van der Waals surface area (Å²) in [6.07, 6.45) is -3.59. The molecule has 0 saturated carbocycles. The number of aliphatic hydroxyl groups is 2. The topological polar surface area (TPSA) is 106 Å². The van der Waals surface area contributed by atoms with Gasteiger partial charge in [-0.25, -0.2) is 0 Å². The first-order valence-electron chi connectivity index (χ1n) is 11.5. The number of hydrogen-bond donors (Lipinski definition) is 3. The molecule has 2 aromatic carbocycles. The molecule has 1 saturated heterocycles. The summed E-state index contributed by atoms with van der Waals surface area (Å²) in [7, 11) is 1.47. The van der Waals surface area contributed by atoms with E-state index in [9.17, 15) is 15.0 Å². The molecule has 0 aliphatic carbocycles. The van der Waals surface area contributed by atoms with Crippen LogP contribution < -0.4 is 14.8 Å². The van der Waals surface area contributed by atoms with Crippen LogP contribution in [0.25, 0.3) is 11.1 Å². The summed E-state index contributed by atoms with van der Waals surface area (Å²) in [5.41, 5.74) is 2.03. The second-order valence-electron chi connectivity index (χ2n) is 8.85. The minimum absolute atomic E-state index is 0.0819. The number of ether oxygens (including phenoxy) is 4. The Morgan fingerprint density at radius 1 is 1.09 bits per heavy atom. The van der Waals surface area contributed by atoms with Crippen LogP contribution in [-0.4, -0.2) is 66.6 Å². The molecule has 0 bridgehead atoms. The summed E-state index contributed by atoms with van der Waals surface area (Å²) in [6, 6.07) is 13.3. The van der Waals surface area contributed by atoms with Crippen molar-refractivity contribution in [2.45, 2.75) is 64.3 Å². The van der Waals surface area contributed by atoms with Gasteiger partial charge in [0.15, 0.2) is 0 Å². The van der Waals surface area contributed by atoms with Gasteiger partial charge in [-0.3, -0.25) is 4.79 Å². The van der Waals surface area contributed by atoms with E-state index in [0.717, 1.165) is 22.4 Å². The average Bonchev–Trinajstić information content (AvgIpc) is 2.78. The molecule has 1 fully saturated rings. The van der Waals surface area contributed by atoms with Gasteiger partial charge in [0.1, 0.15) is 29.8 Å². The highest BCUT2D eigenvalue weighted by atomic mass is 16.7. The minimum Gasteiger partial charge on any atom is -0.494 e. The van der Waals surface area contributed by atoms with E-state index in [0.29, 0.717) is 25.3 Å². The van der Waals surface area contributed by atoms with E-state index < -0.39 is 30.2 Å². The Morgan fingerprint density at radius 2 is 1.76 bits per heavy atom. The van der Waals surface area contributed by atoms with Crippen LogP contribution in [0.2, 0.25) is 0 Å². The van der Waals surface area contributed by atoms with Crippen LogP contribution in [0.4, 0.5) is 0 Å². The van der Waals surface area contributed by atoms with Crippen molar-refractivity contribution in [3.63, 3.8) is 0 Å². The fraction of sp³-hybridized carbons (Fsp3) is 0.500. The maximum atomic E-state index is 11.3. The summed E-state index contributed by atoms with van der Waals surface area (Å²) in [5.74, 6) is 1.18. The predicted molar refractivity (Wildman–Crippen MR) is 128 cm³/mol. The highest BCUT2D eigenvalue weighted by Crippen LogP contribution is 2.35. The first-order chi connectivity index (χ1) is 16.2. The molecule has 0 spiro atoms. The maximum absolute atomic E-state index is 11.3. The van der Waals surface area contributed by atoms with Crippen LogP contribution in [0, 0.1) is 0 Å². The molecule has 1 heterocycles. The standard InChI is InChI=1S/C26H35NO7/c1-6-32-19-10-7-17(8-11-19)21-15-20(12-9-18(21)13-14-27-16(2)28)33-25-23(30)22(29)24(31-5)26(3,4)34-25/h7-12,15,22-25,29-30H,6,13-14H2,1-5H3,(H,27,28)/t22-,23+,24+,25+/m0/s1. The van der Waals surface area contributed by atoms with Crippen molar-refractivity contribution in [2.24, 2.45) is 0 Å². The van der Waals surface area contributed by atoms with E-state index in [4.69, 9.17) is 18.9 Å². The molecule has 2 aromatic rings. The largest absolute Gasteiger partial charge is 0.494 e. The number of amides is 1. The smallest absolute Gasteiger partial charge is 0.229 e. The molecule has 0 unspecified atom stereocenters. The van der Waals surface area contributed by atoms with Crippen molar-refractivity contribution < 1.29 is 34.0 Å². The van der Waals surface area contributed by atoms with Crippen molar-refractivity contribution in [2.75, 3.05) is 20.3 Å². The Balaban J connectivity index is 1.88. The quantitative estimate of drug-likeness (QED) is 0.514. The van der Waals surface area contributed by atoms with Crippen LogP contribution in [0.1, 0.15) is 33.3 Å². The maximum Gasteiger partial charge on any atom is 0.229 e. The molecule has 3 N–H and O–H groups in total. The summed E-state index contributed by atoms with van der Waals surface area (Å²) in [4.78, 5) is 11.3. The molecule has 8 heteroatoms. The number of carbonyl (C=O) groups excluding carboxylic acids is 1. The third-order valence-electron chi connectivity index (χ3n) is 5.88. The van der Waals surface area contributed by atoms with Gasteiger partial charge in [0.05, 0.1) is 12.2 Å². The zero-order valence-electron chi connectivity index (χ0n) is 20.4. The summed E-state index contributed by atoms with van der Waals surface area (Å²) < 4.78 is 22.8. The van der Waals surface area contributed by atoms with E-state index in [2.05, 4.69) is 5.32 Å². The van der Waals surface area contributed by atoms with Crippen LogP contribution >= 0.6 is 0 Å². The van der Waals surface area contributed by atoms with E-state index in [1.165, 1.54) is 14.0 Å². The van der Waals surface area contributed by atoms with Crippen LogP contribution in [-0.2, 0) is 20.7 Å². The van der Waals surface area contributed by atoms with Gasteiger partial charge in [0.25, 0.3) is 0 Å². The van der Waals surface area contributed by atoms with E-state index >= 15 is 0 Å². The SMILES string of the molecule is CCOc1ccc(-c2cc(O[C@@H]3OC(C)(C)[C@H](OC)[C@@H](O)[C@H]3O)ccc2CCNC(C)=O)cc1. The van der Waals surface area contributed by atoms with Gasteiger partial charge in [0.2, 0.25) is 12.2 Å². The highest BCUT2D eigenvalue weighted by Gasteiger charge is 2.50. The molecule has 186 valence electrons. The lowest BCUT2D eigenvalue weighted by Crippen LogP contribution is -2.63. The van der Waals surface area contributed by atoms with Crippen molar-refractivity contribution >= 4 is 5.91 Å². The normalized spacial score (nSPS) is 23.9. The summed E-state index contributed by atoms with van der Waals surface area (Å²) in [5, 5.41) is 23.9. The van der Waals surface area contributed by atoms with Crippen molar-refractivity contribution in [3.8, 4) is 22.6 Å². The number of aliphatic hydroxyl groups excluding tert-OH is 2. The van der Waals surface area contributed by atoms with Crippen molar-refractivity contribution in [1.82, 2.24) is 5.32 Å². The molecule has 0 radical (unpaired) electrons. The predicted octanol–water partition coefficient (Wildman–Crippen LogP) is 2.68. The zero-order valence-corrected chi connectivity index (χ0v) is 20.4. The van der Waals surface area contributed by atoms with Gasteiger partial charge in [-0.05, 0) is 68.1 Å². The molecular formula is C26H35NO7. The lowest BCUT2D eigenvalue weighted by Gasteiger charge is -2.46. The fourth-order valence-electron chi connectivity index (χ4n) is 4.22. The Hall–Kier alpha value is -2.65. The molecule has 3 rings (SSSR count). The Labute approximate surface area is 200 Å². The zero-order chi connectivity index (χ0) is 24.9. The van der Waals surface area contributed by atoms with Gasteiger partial charge in [-0.2, -0.15) is 0 Å². The van der Waals surface area contributed by atoms with Crippen LogP contribution in [0.5, 0.6) is 11.5 Å². The summed E-state index contributed by atoms with van der Waals surface area (Å²) >= 11 is 0. The number of rotatable bonds is 9. The molecule has 1 aliphatic rings. The minimum atomic E-state index is -1.29. The van der Waals surface area contributed by atoms with Gasteiger partial charge >= 0.3 is 0 Å². The number of hydrogen-bond acceptors (Lipinski definition) is 7. The number of carbonyl (C=O) groups is 1. The molecule has 0 aromatic heterocycles. The molecule has 8 nitrogen and oxygen atoms in total. The molecular weight excluding hydrogens is 438 g/mol. The van der Waals surface area contributed by atoms with Crippen LogP contribution in [0.15, 0.2) is 42.5 Å². The van der Waals surface area contributed by atoms with E-state index in [-0.39, 0.29) is 5.91 Å². The third-order valence-corrected chi connectivity index (χ3v) is 5.88. The van der Waals surface area contributed by atoms with Gasteiger partial charge < -0.3 is 34.5 Å². The molecule has 4 atom stereocenters. The van der Waals surface area contributed by atoms with E-state index in [1.807, 2.05) is 43.3 Å². The monoisotopic (exact) mass is 473 g/mol. The second-order valence-corrected chi connectivity index (χ2v) is 8.85. The van der Waals surface area contributed by atoms with Crippen molar-refractivity contribution in [1.29, 1.82) is 0 Å². The summed E-state index contributed by atoms with van der Waals surface area (Å²) in [6.45, 7) is 8.07. The number of benzene rings is 2. The third kappa shape index (κ3) is 6.07. The van der Waals surface area contributed by atoms with Gasteiger partial charge in [-0.15, -0.1) is 0 Å². The molecule has 1 aliphatic heterocycles. The lowest BCUT2D eigenvalue weighted by atomic mass is 9.89. The highest BCUT2D eigenvalue weighted by molar-refractivity contribution is 5.73. The van der Waals surface area contributed by atoms with Gasteiger partial charge in [-0.1, -0.05) is 18.2 Å². The molecule has 1 amide bonds. The number of nitrogens with one attached hydrogen (secondary N) is 1. The average molecular weight is 474 g/mol. The molecule has 34 heavy (non-hydrogen) atoms. The van der Waals surface area contributed by atoms with Gasteiger partial charge in [0, 0.05) is 20.6 Å².